The van der Waals surface area contributed by atoms with Crippen LogP contribution in [-0.4, -0.2) is 36.5 Å². The maximum absolute atomic E-state index is 11.8. The third-order valence-electron chi connectivity index (χ3n) is 3.48. The highest BCUT2D eigenvalue weighted by molar-refractivity contribution is 5.78. The molecular formula is C16H26N2O. The minimum atomic E-state index is 0.154. The summed E-state index contributed by atoms with van der Waals surface area (Å²) in [4.78, 5) is 13.6. The van der Waals surface area contributed by atoms with Crippen molar-refractivity contribution in [2.24, 2.45) is 0 Å². The van der Waals surface area contributed by atoms with Crippen molar-refractivity contribution < 1.29 is 4.79 Å². The molecule has 1 atom stereocenters. The Morgan fingerprint density at radius 2 is 1.84 bits per heavy atom. The van der Waals surface area contributed by atoms with Crippen LogP contribution in [0.3, 0.4) is 0 Å². The predicted molar refractivity (Wildman–Crippen MR) is 80.1 cm³/mol. The molecule has 19 heavy (non-hydrogen) atoms. The molecule has 0 heterocycles. The number of benzene rings is 1. The summed E-state index contributed by atoms with van der Waals surface area (Å²) in [6, 6.07) is 11.1. The second kappa shape index (κ2) is 7.95. The van der Waals surface area contributed by atoms with E-state index in [9.17, 15) is 4.79 Å². The lowest BCUT2D eigenvalue weighted by Crippen LogP contribution is -2.42. The van der Waals surface area contributed by atoms with Crippen LogP contribution < -0.4 is 5.32 Å². The number of rotatable bonds is 7. The van der Waals surface area contributed by atoms with E-state index in [1.54, 1.807) is 4.90 Å². The fourth-order valence-corrected chi connectivity index (χ4v) is 1.80. The summed E-state index contributed by atoms with van der Waals surface area (Å²) in [5.74, 6) is 0.154. The fourth-order valence-electron chi connectivity index (χ4n) is 1.80. The van der Waals surface area contributed by atoms with Gasteiger partial charge < -0.3 is 10.2 Å². The van der Waals surface area contributed by atoms with Crippen LogP contribution >= 0.6 is 0 Å². The van der Waals surface area contributed by atoms with E-state index in [-0.39, 0.29) is 11.9 Å². The molecule has 106 valence electrons. The van der Waals surface area contributed by atoms with E-state index in [1.807, 2.05) is 27.0 Å². The summed E-state index contributed by atoms with van der Waals surface area (Å²) in [5.41, 5.74) is 1.35. The number of hydrogen-bond acceptors (Lipinski definition) is 2. The number of carbonyl (C=O) groups is 1. The summed E-state index contributed by atoms with van der Waals surface area (Å²) < 4.78 is 0. The molecule has 1 rings (SSSR count). The van der Waals surface area contributed by atoms with Crippen LogP contribution in [-0.2, 0) is 11.2 Å². The van der Waals surface area contributed by atoms with Crippen molar-refractivity contribution in [1.29, 1.82) is 0 Å². The molecule has 0 aromatic heterocycles. The molecule has 0 radical (unpaired) electrons. The van der Waals surface area contributed by atoms with Gasteiger partial charge in [0, 0.05) is 19.1 Å². The molecule has 0 fully saturated rings. The standard InChI is InChI=1S/C16H26N2O/c1-13(2)18(4)16(19)12-17-14(3)10-11-15-8-6-5-7-9-15/h5-9,13-14,17H,10-12H2,1-4H3. The molecule has 1 aromatic rings. The Labute approximate surface area is 117 Å². The number of nitrogens with zero attached hydrogens (tertiary/aromatic N) is 1. The maximum atomic E-state index is 11.8. The number of nitrogens with one attached hydrogen (secondary N) is 1. The SMILES string of the molecule is CC(CCc1ccccc1)NCC(=O)N(C)C(C)C. The van der Waals surface area contributed by atoms with E-state index in [2.05, 4.69) is 36.5 Å². The Morgan fingerprint density at radius 3 is 2.42 bits per heavy atom. The van der Waals surface area contributed by atoms with E-state index < -0.39 is 0 Å². The fraction of sp³-hybridized carbons (Fsp3) is 0.562. The van der Waals surface area contributed by atoms with Crippen molar-refractivity contribution in [2.75, 3.05) is 13.6 Å². The normalized spacial score (nSPS) is 12.5. The van der Waals surface area contributed by atoms with Crippen LogP contribution in [0.4, 0.5) is 0 Å². The van der Waals surface area contributed by atoms with Crippen molar-refractivity contribution in [2.45, 2.75) is 45.7 Å². The van der Waals surface area contributed by atoms with Crippen molar-refractivity contribution in [1.82, 2.24) is 10.2 Å². The highest BCUT2D eigenvalue weighted by Gasteiger charge is 2.12. The summed E-state index contributed by atoms with van der Waals surface area (Å²) in [6.45, 7) is 6.60. The van der Waals surface area contributed by atoms with Crippen molar-refractivity contribution in [3.63, 3.8) is 0 Å². The van der Waals surface area contributed by atoms with E-state index in [0.717, 1.165) is 12.8 Å². The first-order chi connectivity index (χ1) is 9.00. The van der Waals surface area contributed by atoms with Gasteiger partial charge in [-0.15, -0.1) is 0 Å². The lowest BCUT2D eigenvalue weighted by molar-refractivity contribution is -0.130. The third-order valence-corrected chi connectivity index (χ3v) is 3.48. The molecule has 0 spiro atoms. The average Bonchev–Trinajstić information content (AvgIpc) is 2.42. The minimum Gasteiger partial charge on any atom is -0.342 e. The second-order valence-corrected chi connectivity index (χ2v) is 5.40. The lowest BCUT2D eigenvalue weighted by Gasteiger charge is -2.23. The van der Waals surface area contributed by atoms with Gasteiger partial charge in [0.05, 0.1) is 6.54 Å². The first-order valence-electron chi connectivity index (χ1n) is 7.03. The van der Waals surface area contributed by atoms with Crippen molar-refractivity contribution >= 4 is 5.91 Å². The van der Waals surface area contributed by atoms with Crippen LogP contribution in [0.2, 0.25) is 0 Å². The topological polar surface area (TPSA) is 32.3 Å². The van der Waals surface area contributed by atoms with Gasteiger partial charge in [0.1, 0.15) is 0 Å². The van der Waals surface area contributed by atoms with Gasteiger partial charge in [-0.25, -0.2) is 0 Å². The number of aryl methyl sites for hydroxylation is 1. The summed E-state index contributed by atoms with van der Waals surface area (Å²) in [5, 5.41) is 3.30. The van der Waals surface area contributed by atoms with Gasteiger partial charge in [-0.05, 0) is 39.2 Å². The first-order valence-corrected chi connectivity index (χ1v) is 7.03. The zero-order valence-electron chi connectivity index (χ0n) is 12.5. The molecule has 0 aliphatic rings. The Kier molecular flexibility index (Phi) is 6.57. The molecule has 3 heteroatoms. The van der Waals surface area contributed by atoms with Gasteiger partial charge in [0.25, 0.3) is 0 Å². The molecule has 1 amide bonds. The highest BCUT2D eigenvalue weighted by atomic mass is 16.2. The van der Waals surface area contributed by atoms with Gasteiger partial charge in [0.15, 0.2) is 0 Å². The third kappa shape index (κ3) is 5.88. The van der Waals surface area contributed by atoms with Gasteiger partial charge in [-0.1, -0.05) is 30.3 Å². The van der Waals surface area contributed by atoms with E-state index in [0.29, 0.717) is 12.6 Å². The molecular weight excluding hydrogens is 236 g/mol. The molecule has 0 saturated heterocycles. The predicted octanol–water partition coefficient (Wildman–Crippen LogP) is 2.46. The molecule has 0 aliphatic carbocycles. The molecule has 0 saturated carbocycles. The number of hydrogen-bond donors (Lipinski definition) is 1. The average molecular weight is 262 g/mol. The van der Waals surface area contributed by atoms with Crippen LogP contribution in [0.25, 0.3) is 0 Å². The Hall–Kier alpha value is -1.35. The Balaban J connectivity index is 2.25. The number of carbonyl (C=O) groups excluding carboxylic acids is 1. The van der Waals surface area contributed by atoms with Crippen LogP contribution in [0.15, 0.2) is 30.3 Å². The van der Waals surface area contributed by atoms with Gasteiger partial charge in [-0.3, -0.25) is 4.79 Å². The largest absolute Gasteiger partial charge is 0.342 e. The lowest BCUT2D eigenvalue weighted by atomic mass is 10.1. The van der Waals surface area contributed by atoms with Crippen molar-refractivity contribution in [3.8, 4) is 0 Å². The number of likely N-dealkylation sites (N-methyl/N-ethyl adjacent to an activating group) is 1. The summed E-state index contributed by atoms with van der Waals surface area (Å²) >= 11 is 0. The molecule has 0 bridgehead atoms. The first kappa shape index (κ1) is 15.7. The van der Waals surface area contributed by atoms with Crippen LogP contribution in [0.1, 0.15) is 32.8 Å². The monoisotopic (exact) mass is 262 g/mol. The smallest absolute Gasteiger partial charge is 0.236 e. The molecule has 1 aromatic carbocycles. The Morgan fingerprint density at radius 1 is 1.21 bits per heavy atom. The zero-order chi connectivity index (χ0) is 14.3. The number of amides is 1. The van der Waals surface area contributed by atoms with E-state index in [1.165, 1.54) is 5.56 Å². The van der Waals surface area contributed by atoms with Crippen LogP contribution in [0.5, 0.6) is 0 Å². The highest BCUT2D eigenvalue weighted by Crippen LogP contribution is 2.04. The van der Waals surface area contributed by atoms with Gasteiger partial charge in [-0.2, -0.15) is 0 Å². The quantitative estimate of drug-likeness (QED) is 0.818. The summed E-state index contributed by atoms with van der Waals surface area (Å²) in [7, 11) is 1.85. The van der Waals surface area contributed by atoms with Crippen molar-refractivity contribution in [3.05, 3.63) is 35.9 Å². The van der Waals surface area contributed by atoms with Gasteiger partial charge in [0.2, 0.25) is 5.91 Å². The minimum absolute atomic E-state index is 0.154. The molecule has 3 nitrogen and oxygen atoms in total. The summed E-state index contributed by atoms with van der Waals surface area (Å²) in [6.07, 6.45) is 2.09. The Bertz CT molecular complexity index is 376. The van der Waals surface area contributed by atoms with Crippen LogP contribution in [0, 0.1) is 0 Å². The second-order valence-electron chi connectivity index (χ2n) is 5.40. The van der Waals surface area contributed by atoms with E-state index >= 15 is 0 Å². The zero-order valence-corrected chi connectivity index (χ0v) is 12.5. The molecule has 1 unspecified atom stereocenters. The maximum Gasteiger partial charge on any atom is 0.236 e. The van der Waals surface area contributed by atoms with E-state index in [4.69, 9.17) is 0 Å². The van der Waals surface area contributed by atoms with Gasteiger partial charge >= 0.3 is 0 Å². The molecule has 1 N–H and O–H groups in total. The molecule has 0 aliphatic heterocycles.